The summed E-state index contributed by atoms with van der Waals surface area (Å²) in [5.41, 5.74) is 2.75. The van der Waals surface area contributed by atoms with Crippen LogP contribution in [0.25, 0.3) is 4.91 Å². The van der Waals surface area contributed by atoms with E-state index >= 15 is 0 Å². The van der Waals surface area contributed by atoms with E-state index in [0.29, 0.717) is 42.1 Å². The molecular weight excluding hydrogens is 490 g/mol. The lowest BCUT2D eigenvalue weighted by Gasteiger charge is -2.06. The first-order valence-corrected chi connectivity index (χ1v) is 13.0. The molecule has 0 unspecified atom stereocenters. The Labute approximate surface area is 226 Å². The minimum absolute atomic E-state index is 0.0816. The highest BCUT2D eigenvalue weighted by atomic mass is 32.2. The number of nitrogens with one attached hydrogen (secondary N) is 3. The molecule has 0 heterocycles. The predicted octanol–water partition coefficient (Wildman–Crippen LogP) is 4.95. The SMILES string of the molecule is C=C(C)C(=O)NCCS.C=C(C)C(=O)NCCSC(=C)c1ccccc1.C=CCCNC(=O)C(=C)C. The van der Waals surface area contributed by atoms with E-state index in [0.717, 1.165) is 22.6 Å². The fraction of sp³-hybridized carbons (Fsp3) is 0.321. The van der Waals surface area contributed by atoms with E-state index in [1.807, 2.05) is 30.3 Å². The molecule has 0 aromatic heterocycles. The second kappa shape index (κ2) is 22.5. The molecule has 36 heavy (non-hydrogen) atoms. The summed E-state index contributed by atoms with van der Waals surface area (Å²) in [6.45, 7) is 25.0. The van der Waals surface area contributed by atoms with Gasteiger partial charge in [0.05, 0.1) is 0 Å². The fourth-order valence-electron chi connectivity index (χ4n) is 1.96. The number of carbonyl (C=O) groups is 3. The van der Waals surface area contributed by atoms with Crippen LogP contribution in [-0.4, -0.2) is 48.9 Å². The van der Waals surface area contributed by atoms with Gasteiger partial charge in [-0.2, -0.15) is 12.6 Å². The molecule has 198 valence electrons. The number of rotatable bonds is 13. The molecule has 0 aliphatic rings. The number of hydrogen-bond acceptors (Lipinski definition) is 5. The van der Waals surface area contributed by atoms with Crippen molar-refractivity contribution in [2.24, 2.45) is 0 Å². The van der Waals surface area contributed by atoms with Crippen molar-refractivity contribution in [3.63, 3.8) is 0 Å². The molecule has 0 atom stereocenters. The average Bonchev–Trinajstić information content (AvgIpc) is 2.85. The van der Waals surface area contributed by atoms with E-state index in [4.69, 9.17) is 0 Å². The summed E-state index contributed by atoms with van der Waals surface area (Å²) in [5, 5.41) is 8.08. The Hall–Kier alpha value is -2.97. The largest absolute Gasteiger partial charge is 0.352 e. The Morgan fingerprint density at radius 3 is 1.67 bits per heavy atom. The molecule has 0 aliphatic carbocycles. The van der Waals surface area contributed by atoms with Gasteiger partial charge < -0.3 is 16.0 Å². The molecule has 8 heteroatoms. The van der Waals surface area contributed by atoms with E-state index in [-0.39, 0.29) is 17.7 Å². The van der Waals surface area contributed by atoms with Crippen LogP contribution in [0.3, 0.4) is 0 Å². The minimum Gasteiger partial charge on any atom is -0.352 e. The molecule has 0 radical (unpaired) electrons. The van der Waals surface area contributed by atoms with Gasteiger partial charge in [-0.15, -0.1) is 18.3 Å². The van der Waals surface area contributed by atoms with Gasteiger partial charge in [-0.05, 0) is 32.8 Å². The number of hydrogen-bond donors (Lipinski definition) is 4. The van der Waals surface area contributed by atoms with E-state index in [1.54, 1.807) is 38.6 Å². The van der Waals surface area contributed by atoms with Crippen molar-refractivity contribution in [3.05, 3.63) is 91.6 Å². The Balaban J connectivity index is 0. The third kappa shape index (κ3) is 20.4. The van der Waals surface area contributed by atoms with Crippen molar-refractivity contribution in [1.29, 1.82) is 0 Å². The normalized spacial score (nSPS) is 9.11. The van der Waals surface area contributed by atoms with Gasteiger partial charge in [0.15, 0.2) is 0 Å². The number of carbonyl (C=O) groups excluding carboxylic acids is 3. The topological polar surface area (TPSA) is 87.3 Å². The Morgan fingerprint density at radius 2 is 1.25 bits per heavy atom. The molecule has 1 aromatic rings. The van der Waals surface area contributed by atoms with Gasteiger partial charge in [-0.1, -0.05) is 62.7 Å². The van der Waals surface area contributed by atoms with Crippen molar-refractivity contribution in [3.8, 4) is 0 Å². The van der Waals surface area contributed by atoms with Gasteiger partial charge in [0.25, 0.3) is 0 Å². The summed E-state index contributed by atoms with van der Waals surface area (Å²) < 4.78 is 0. The maximum atomic E-state index is 11.2. The van der Waals surface area contributed by atoms with Crippen molar-refractivity contribution >= 4 is 47.0 Å². The molecule has 0 aliphatic heterocycles. The standard InChI is InChI=1S/C14H17NOS.C8H13NO.C6H11NOS/c1-11(2)14(16)15-9-10-17-12(3)13-7-5-4-6-8-13;1-4-5-6-9-8(10)7(2)3;1-5(2)6(8)7-3-4-9/h4-8H,1,3,9-10H2,2H3,(H,15,16);4H,1-2,5-6H2,3H3,(H,9,10);9H,1,3-4H2,2H3,(H,7,8). The smallest absolute Gasteiger partial charge is 0.246 e. The van der Waals surface area contributed by atoms with Crippen LogP contribution in [0.2, 0.25) is 0 Å². The van der Waals surface area contributed by atoms with Crippen molar-refractivity contribution in [2.75, 3.05) is 31.1 Å². The zero-order valence-electron chi connectivity index (χ0n) is 21.8. The van der Waals surface area contributed by atoms with Crippen LogP contribution >= 0.6 is 24.4 Å². The molecule has 3 N–H and O–H groups in total. The number of thiol groups is 1. The van der Waals surface area contributed by atoms with Gasteiger partial charge in [-0.3, -0.25) is 14.4 Å². The molecule has 0 saturated heterocycles. The van der Waals surface area contributed by atoms with Crippen molar-refractivity contribution < 1.29 is 14.4 Å². The quantitative estimate of drug-likeness (QED) is 0.126. The zero-order valence-corrected chi connectivity index (χ0v) is 23.5. The third-order valence-electron chi connectivity index (χ3n) is 3.95. The monoisotopic (exact) mass is 531 g/mol. The van der Waals surface area contributed by atoms with Crippen LogP contribution < -0.4 is 16.0 Å². The first kappa shape index (κ1) is 35.2. The first-order valence-electron chi connectivity index (χ1n) is 11.4. The Morgan fingerprint density at radius 1 is 0.806 bits per heavy atom. The third-order valence-corrected chi connectivity index (χ3v) is 5.17. The second-order valence-electron chi connectivity index (χ2n) is 7.55. The highest BCUT2D eigenvalue weighted by Gasteiger charge is 2.02. The van der Waals surface area contributed by atoms with E-state index < -0.39 is 0 Å². The van der Waals surface area contributed by atoms with Crippen LogP contribution in [0, 0.1) is 0 Å². The Kier molecular flexibility index (Phi) is 22.0. The highest BCUT2D eigenvalue weighted by molar-refractivity contribution is 8.08. The molecule has 0 saturated carbocycles. The highest BCUT2D eigenvalue weighted by Crippen LogP contribution is 2.24. The van der Waals surface area contributed by atoms with Crippen LogP contribution in [0.15, 0.2) is 86.0 Å². The van der Waals surface area contributed by atoms with E-state index in [2.05, 4.69) is 61.5 Å². The van der Waals surface area contributed by atoms with Gasteiger partial charge >= 0.3 is 0 Å². The summed E-state index contributed by atoms with van der Waals surface area (Å²) in [7, 11) is 0. The number of benzene rings is 1. The average molecular weight is 532 g/mol. The summed E-state index contributed by atoms with van der Waals surface area (Å²) in [5.74, 6) is 1.22. The lowest BCUT2D eigenvalue weighted by molar-refractivity contribution is -0.118. The molecule has 1 rings (SSSR count). The van der Waals surface area contributed by atoms with Gasteiger partial charge in [0.2, 0.25) is 17.7 Å². The maximum absolute atomic E-state index is 11.2. The molecule has 0 spiro atoms. The second-order valence-corrected chi connectivity index (χ2v) is 9.18. The maximum Gasteiger partial charge on any atom is 0.246 e. The van der Waals surface area contributed by atoms with E-state index in [1.165, 1.54) is 0 Å². The number of amides is 3. The zero-order chi connectivity index (χ0) is 27.9. The molecule has 3 amide bonds. The van der Waals surface area contributed by atoms with Gasteiger partial charge in [0, 0.05) is 52.8 Å². The summed E-state index contributed by atoms with van der Waals surface area (Å²) in [6, 6.07) is 10.0. The lowest BCUT2D eigenvalue weighted by Crippen LogP contribution is -2.25. The van der Waals surface area contributed by atoms with Crippen LogP contribution in [-0.2, 0) is 14.4 Å². The van der Waals surface area contributed by atoms with Crippen LogP contribution in [0.5, 0.6) is 0 Å². The van der Waals surface area contributed by atoms with Gasteiger partial charge in [0.1, 0.15) is 0 Å². The molecular formula is C28H41N3O3S2. The fourth-order valence-corrected chi connectivity index (χ4v) is 2.82. The minimum atomic E-state index is -0.0935. The van der Waals surface area contributed by atoms with Gasteiger partial charge in [-0.25, -0.2) is 0 Å². The summed E-state index contributed by atoms with van der Waals surface area (Å²) in [6.07, 6.45) is 2.57. The summed E-state index contributed by atoms with van der Waals surface area (Å²) in [4.78, 5) is 33.7. The van der Waals surface area contributed by atoms with Crippen LogP contribution in [0.4, 0.5) is 0 Å². The molecule has 0 fully saturated rings. The van der Waals surface area contributed by atoms with Crippen LogP contribution in [0.1, 0.15) is 32.8 Å². The van der Waals surface area contributed by atoms with E-state index in [9.17, 15) is 14.4 Å². The molecule has 6 nitrogen and oxygen atoms in total. The predicted molar refractivity (Wildman–Crippen MR) is 160 cm³/mol. The number of thioether (sulfide) groups is 1. The van der Waals surface area contributed by atoms with Crippen molar-refractivity contribution in [2.45, 2.75) is 27.2 Å². The Bertz CT molecular complexity index is 897. The molecule has 1 aromatic carbocycles. The van der Waals surface area contributed by atoms with Crippen molar-refractivity contribution in [1.82, 2.24) is 16.0 Å². The first-order chi connectivity index (χ1) is 17.0. The lowest BCUT2D eigenvalue weighted by atomic mass is 10.2. The summed E-state index contributed by atoms with van der Waals surface area (Å²) >= 11 is 5.56. The molecule has 0 bridgehead atoms.